The van der Waals surface area contributed by atoms with Crippen molar-refractivity contribution in [3.05, 3.63) is 34.9 Å². The molecular weight excluding hydrogens is 250 g/mol. The van der Waals surface area contributed by atoms with E-state index < -0.39 is 0 Å². The summed E-state index contributed by atoms with van der Waals surface area (Å²) in [6, 6.07) is 8.05. The third-order valence-corrected chi connectivity index (χ3v) is 3.95. The van der Waals surface area contributed by atoms with Crippen LogP contribution in [0, 0.1) is 25.2 Å². The number of rotatable bonds is 3. The van der Waals surface area contributed by atoms with Crippen LogP contribution in [0.5, 0.6) is 0 Å². The maximum atomic E-state index is 12.4. The predicted molar refractivity (Wildman–Crippen MR) is 78.5 cm³/mol. The van der Waals surface area contributed by atoms with Crippen LogP contribution in [0.2, 0.25) is 0 Å². The van der Waals surface area contributed by atoms with Crippen molar-refractivity contribution in [2.75, 3.05) is 32.7 Å². The van der Waals surface area contributed by atoms with E-state index in [2.05, 4.69) is 17.9 Å². The number of piperazine rings is 1. The molecule has 1 aliphatic heterocycles. The minimum Gasteiger partial charge on any atom is -0.336 e. The van der Waals surface area contributed by atoms with Crippen molar-refractivity contribution in [1.82, 2.24) is 9.80 Å². The lowest BCUT2D eigenvalue weighted by Crippen LogP contribution is -2.48. The fourth-order valence-corrected chi connectivity index (χ4v) is 2.44. The van der Waals surface area contributed by atoms with Crippen LogP contribution in [0.1, 0.15) is 27.9 Å². The fraction of sp³-hybridized carbons (Fsp3) is 0.500. The Hall–Kier alpha value is -1.86. The predicted octanol–water partition coefficient (Wildman–Crippen LogP) is 1.97. The van der Waals surface area contributed by atoms with Gasteiger partial charge in [-0.05, 0) is 37.1 Å². The number of aryl methyl sites for hydroxylation is 2. The monoisotopic (exact) mass is 271 g/mol. The van der Waals surface area contributed by atoms with E-state index in [1.165, 1.54) is 5.56 Å². The van der Waals surface area contributed by atoms with Gasteiger partial charge in [-0.3, -0.25) is 9.69 Å². The zero-order valence-corrected chi connectivity index (χ0v) is 12.2. The first-order valence-corrected chi connectivity index (χ1v) is 7.07. The molecule has 2 rings (SSSR count). The van der Waals surface area contributed by atoms with Gasteiger partial charge in [0, 0.05) is 44.7 Å². The summed E-state index contributed by atoms with van der Waals surface area (Å²) in [4.78, 5) is 16.6. The Morgan fingerprint density at radius 3 is 2.50 bits per heavy atom. The highest BCUT2D eigenvalue weighted by atomic mass is 16.2. The van der Waals surface area contributed by atoms with Gasteiger partial charge in [0.05, 0.1) is 6.07 Å². The highest BCUT2D eigenvalue weighted by Gasteiger charge is 2.21. The third-order valence-electron chi connectivity index (χ3n) is 3.95. The van der Waals surface area contributed by atoms with E-state index in [9.17, 15) is 4.79 Å². The molecule has 4 heteroatoms. The third kappa shape index (κ3) is 3.37. The molecule has 0 aliphatic carbocycles. The van der Waals surface area contributed by atoms with Gasteiger partial charge in [-0.15, -0.1) is 0 Å². The summed E-state index contributed by atoms with van der Waals surface area (Å²) >= 11 is 0. The van der Waals surface area contributed by atoms with E-state index in [-0.39, 0.29) is 5.91 Å². The fourth-order valence-electron chi connectivity index (χ4n) is 2.44. The van der Waals surface area contributed by atoms with Gasteiger partial charge in [-0.2, -0.15) is 5.26 Å². The quantitative estimate of drug-likeness (QED) is 0.844. The summed E-state index contributed by atoms with van der Waals surface area (Å²) in [5, 5.41) is 8.59. The summed E-state index contributed by atoms with van der Waals surface area (Å²) in [5.41, 5.74) is 3.14. The molecule has 0 bridgehead atoms. The van der Waals surface area contributed by atoms with Crippen LogP contribution in [0.3, 0.4) is 0 Å². The number of nitriles is 1. The smallest absolute Gasteiger partial charge is 0.253 e. The molecule has 0 aromatic heterocycles. The lowest BCUT2D eigenvalue weighted by Gasteiger charge is -2.34. The Morgan fingerprint density at radius 2 is 1.90 bits per heavy atom. The van der Waals surface area contributed by atoms with Crippen LogP contribution in [0.4, 0.5) is 0 Å². The second kappa shape index (κ2) is 6.53. The van der Waals surface area contributed by atoms with E-state index in [0.717, 1.165) is 43.9 Å². The van der Waals surface area contributed by atoms with E-state index >= 15 is 0 Å². The number of benzene rings is 1. The van der Waals surface area contributed by atoms with Crippen LogP contribution < -0.4 is 0 Å². The Kier molecular flexibility index (Phi) is 4.75. The Morgan fingerprint density at radius 1 is 1.20 bits per heavy atom. The number of carbonyl (C=O) groups is 1. The van der Waals surface area contributed by atoms with Crippen LogP contribution in [-0.4, -0.2) is 48.4 Å². The molecule has 20 heavy (non-hydrogen) atoms. The second-order valence-corrected chi connectivity index (χ2v) is 5.34. The van der Waals surface area contributed by atoms with Gasteiger partial charge in [0.2, 0.25) is 0 Å². The van der Waals surface area contributed by atoms with Crippen molar-refractivity contribution >= 4 is 5.91 Å². The average Bonchev–Trinajstić information content (AvgIpc) is 2.48. The van der Waals surface area contributed by atoms with Crippen LogP contribution in [-0.2, 0) is 0 Å². The van der Waals surface area contributed by atoms with Crippen molar-refractivity contribution in [3.63, 3.8) is 0 Å². The number of nitrogens with zero attached hydrogens (tertiary/aromatic N) is 3. The zero-order chi connectivity index (χ0) is 14.5. The molecule has 1 aromatic carbocycles. The SMILES string of the molecule is Cc1ccc(C(=O)N2CCN(CCC#N)CC2)cc1C. The molecule has 0 radical (unpaired) electrons. The van der Waals surface area contributed by atoms with Gasteiger partial charge in [0.1, 0.15) is 0 Å². The van der Waals surface area contributed by atoms with Gasteiger partial charge in [-0.1, -0.05) is 6.07 Å². The molecule has 0 spiro atoms. The van der Waals surface area contributed by atoms with Gasteiger partial charge >= 0.3 is 0 Å². The minimum atomic E-state index is 0.119. The number of amides is 1. The van der Waals surface area contributed by atoms with Crippen LogP contribution in [0.25, 0.3) is 0 Å². The van der Waals surface area contributed by atoms with E-state index in [4.69, 9.17) is 5.26 Å². The molecule has 0 unspecified atom stereocenters. The molecule has 1 aromatic rings. The van der Waals surface area contributed by atoms with Crippen molar-refractivity contribution < 1.29 is 4.79 Å². The Labute approximate surface area is 120 Å². The molecule has 1 aliphatic rings. The lowest BCUT2D eigenvalue weighted by atomic mass is 10.1. The van der Waals surface area contributed by atoms with E-state index in [1.54, 1.807) is 0 Å². The average molecular weight is 271 g/mol. The van der Waals surface area contributed by atoms with Gasteiger partial charge < -0.3 is 4.90 Å². The van der Waals surface area contributed by atoms with Gasteiger partial charge in [-0.25, -0.2) is 0 Å². The summed E-state index contributed by atoms with van der Waals surface area (Å²) in [6.07, 6.45) is 0.561. The number of hydrogen-bond donors (Lipinski definition) is 0. The molecular formula is C16H21N3O. The van der Waals surface area contributed by atoms with Crippen molar-refractivity contribution in [1.29, 1.82) is 5.26 Å². The number of hydrogen-bond acceptors (Lipinski definition) is 3. The molecule has 1 heterocycles. The first-order chi connectivity index (χ1) is 9.61. The molecule has 4 nitrogen and oxygen atoms in total. The maximum Gasteiger partial charge on any atom is 0.253 e. The summed E-state index contributed by atoms with van der Waals surface area (Å²) < 4.78 is 0. The van der Waals surface area contributed by atoms with Crippen LogP contribution >= 0.6 is 0 Å². The normalized spacial score (nSPS) is 15.9. The molecule has 1 amide bonds. The maximum absolute atomic E-state index is 12.4. The second-order valence-electron chi connectivity index (χ2n) is 5.34. The van der Waals surface area contributed by atoms with E-state index in [0.29, 0.717) is 6.42 Å². The standard InChI is InChI=1S/C16H21N3O/c1-13-4-5-15(12-14(13)2)16(20)19-10-8-18(9-11-19)7-3-6-17/h4-5,12H,3,7-11H2,1-2H3. The highest BCUT2D eigenvalue weighted by molar-refractivity contribution is 5.94. The highest BCUT2D eigenvalue weighted by Crippen LogP contribution is 2.13. The molecule has 1 saturated heterocycles. The summed E-state index contributed by atoms with van der Waals surface area (Å²) in [7, 11) is 0. The van der Waals surface area contributed by atoms with Crippen molar-refractivity contribution in [3.8, 4) is 6.07 Å². The van der Waals surface area contributed by atoms with Crippen molar-refractivity contribution in [2.45, 2.75) is 20.3 Å². The molecule has 106 valence electrons. The first kappa shape index (κ1) is 14.5. The van der Waals surface area contributed by atoms with Gasteiger partial charge in [0.15, 0.2) is 0 Å². The summed E-state index contributed by atoms with van der Waals surface area (Å²) in [6.45, 7) is 8.11. The van der Waals surface area contributed by atoms with E-state index in [1.807, 2.05) is 30.0 Å². The Balaban J connectivity index is 1.94. The Bertz CT molecular complexity index is 525. The number of carbonyl (C=O) groups excluding carboxylic acids is 1. The van der Waals surface area contributed by atoms with Crippen molar-refractivity contribution in [2.24, 2.45) is 0 Å². The first-order valence-electron chi connectivity index (χ1n) is 7.07. The molecule has 1 fully saturated rings. The zero-order valence-electron chi connectivity index (χ0n) is 12.2. The molecule has 0 atom stereocenters. The largest absolute Gasteiger partial charge is 0.336 e. The topological polar surface area (TPSA) is 47.3 Å². The lowest BCUT2D eigenvalue weighted by molar-refractivity contribution is 0.0639. The van der Waals surface area contributed by atoms with Gasteiger partial charge in [0.25, 0.3) is 5.91 Å². The van der Waals surface area contributed by atoms with Crippen LogP contribution in [0.15, 0.2) is 18.2 Å². The summed E-state index contributed by atoms with van der Waals surface area (Å²) in [5.74, 6) is 0.119. The minimum absolute atomic E-state index is 0.119. The molecule has 0 saturated carbocycles. The molecule has 0 N–H and O–H groups in total.